The van der Waals surface area contributed by atoms with Gasteiger partial charge < -0.3 is 20.5 Å². The monoisotopic (exact) mass is 382 g/mol. The van der Waals surface area contributed by atoms with E-state index in [0.717, 1.165) is 11.3 Å². The summed E-state index contributed by atoms with van der Waals surface area (Å²) in [5.41, 5.74) is 2.37. The topological polar surface area (TPSA) is 105 Å². The normalized spacial score (nSPS) is 13.8. The Bertz CT molecular complexity index is 866. The minimum atomic E-state index is -1.10. The number of carbonyl (C=O) groups is 3. The number of carbonyl (C=O) groups excluding carboxylic acids is 2. The third-order valence-electron chi connectivity index (χ3n) is 4.47. The Morgan fingerprint density at radius 1 is 1.14 bits per heavy atom. The van der Waals surface area contributed by atoms with Gasteiger partial charge in [-0.2, -0.15) is 0 Å². The molecule has 0 bridgehead atoms. The Kier molecular flexibility index (Phi) is 6.26. The predicted octanol–water partition coefficient (Wildman–Crippen LogP) is 2.67. The van der Waals surface area contributed by atoms with Crippen molar-refractivity contribution in [2.45, 2.75) is 31.7 Å². The van der Waals surface area contributed by atoms with Gasteiger partial charge >= 0.3 is 5.97 Å². The van der Waals surface area contributed by atoms with E-state index in [1.807, 2.05) is 12.1 Å². The summed E-state index contributed by atoms with van der Waals surface area (Å²) in [7, 11) is 0. The van der Waals surface area contributed by atoms with Crippen molar-refractivity contribution in [2.75, 3.05) is 11.9 Å². The van der Waals surface area contributed by atoms with E-state index in [9.17, 15) is 19.5 Å². The van der Waals surface area contributed by atoms with Crippen LogP contribution in [0.3, 0.4) is 0 Å². The number of hydrogen-bond acceptors (Lipinski definition) is 4. The van der Waals surface area contributed by atoms with Gasteiger partial charge in [-0.05, 0) is 42.2 Å². The van der Waals surface area contributed by atoms with Crippen molar-refractivity contribution in [3.63, 3.8) is 0 Å². The average Bonchev–Trinajstić information content (AvgIpc) is 2.70. The van der Waals surface area contributed by atoms with Crippen molar-refractivity contribution in [1.29, 1.82) is 0 Å². The zero-order chi connectivity index (χ0) is 19.9. The van der Waals surface area contributed by atoms with Crippen LogP contribution < -0.4 is 15.4 Å². The van der Waals surface area contributed by atoms with Gasteiger partial charge in [-0.1, -0.05) is 30.3 Å². The summed E-state index contributed by atoms with van der Waals surface area (Å²) in [6.45, 7) is 0.335. The largest absolute Gasteiger partial charge is 0.494 e. The molecule has 7 heteroatoms. The standard InChI is InChI=1S/C21H22N2O5/c24-18(23-20(21(26)27)14-5-2-1-3-6-14)7-4-12-28-16-9-10-17-15(13-16)8-11-19(25)22-17/h1-3,5-6,9-10,13,20H,4,7-8,11-12H2,(H,22,25)(H,23,24)(H,26,27). The number of aryl methyl sites for hydroxylation is 1. The van der Waals surface area contributed by atoms with Gasteiger partial charge in [-0.3, -0.25) is 9.59 Å². The minimum absolute atomic E-state index is 0.0161. The van der Waals surface area contributed by atoms with E-state index in [-0.39, 0.29) is 18.2 Å². The lowest BCUT2D eigenvalue weighted by atomic mass is 10.0. The van der Waals surface area contributed by atoms with E-state index in [0.29, 0.717) is 37.2 Å². The van der Waals surface area contributed by atoms with Gasteiger partial charge in [-0.25, -0.2) is 4.79 Å². The van der Waals surface area contributed by atoms with Gasteiger partial charge in [-0.15, -0.1) is 0 Å². The Labute approximate surface area is 162 Å². The van der Waals surface area contributed by atoms with Crippen LogP contribution in [0.5, 0.6) is 5.75 Å². The van der Waals surface area contributed by atoms with E-state index < -0.39 is 12.0 Å². The van der Waals surface area contributed by atoms with Crippen LogP contribution in [0.15, 0.2) is 48.5 Å². The van der Waals surface area contributed by atoms with Gasteiger partial charge in [0.15, 0.2) is 6.04 Å². The highest BCUT2D eigenvalue weighted by Crippen LogP contribution is 2.26. The van der Waals surface area contributed by atoms with Crippen LogP contribution >= 0.6 is 0 Å². The number of amides is 2. The zero-order valence-corrected chi connectivity index (χ0v) is 15.3. The third-order valence-corrected chi connectivity index (χ3v) is 4.47. The fourth-order valence-corrected chi connectivity index (χ4v) is 3.04. The van der Waals surface area contributed by atoms with E-state index >= 15 is 0 Å². The number of benzene rings is 2. The van der Waals surface area contributed by atoms with Gasteiger partial charge in [0.2, 0.25) is 11.8 Å². The van der Waals surface area contributed by atoms with E-state index in [1.165, 1.54) is 0 Å². The lowest BCUT2D eigenvalue weighted by Gasteiger charge is -2.18. The number of rotatable bonds is 8. The molecule has 28 heavy (non-hydrogen) atoms. The highest BCUT2D eigenvalue weighted by atomic mass is 16.5. The van der Waals surface area contributed by atoms with Gasteiger partial charge in [0.25, 0.3) is 0 Å². The number of hydrogen-bond donors (Lipinski definition) is 3. The molecule has 0 aliphatic carbocycles. The second-order valence-corrected chi connectivity index (χ2v) is 6.57. The predicted molar refractivity (Wildman–Crippen MR) is 103 cm³/mol. The van der Waals surface area contributed by atoms with Crippen molar-refractivity contribution in [2.24, 2.45) is 0 Å². The molecule has 2 aromatic carbocycles. The molecule has 1 aliphatic rings. The third kappa shape index (κ3) is 5.09. The van der Waals surface area contributed by atoms with Crippen LogP contribution in [0.2, 0.25) is 0 Å². The molecule has 3 rings (SSSR count). The van der Waals surface area contributed by atoms with Crippen LogP contribution in [0.25, 0.3) is 0 Å². The molecule has 1 aliphatic heterocycles. The Morgan fingerprint density at radius 2 is 1.93 bits per heavy atom. The SMILES string of the molecule is O=C1CCc2cc(OCCCC(=O)NC(C(=O)O)c3ccccc3)ccc2N1. The smallest absolute Gasteiger partial charge is 0.330 e. The summed E-state index contributed by atoms with van der Waals surface area (Å²) in [6, 6.07) is 13.0. The minimum Gasteiger partial charge on any atom is -0.494 e. The van der Waals surface area contributed by atoms with Gasteiger partial charge in [0.1, 0.15) is 5.75 Å². The molecule has 2 aromatic rings. The fraction of sp³-hybridized carbons (Fsp3) is 0.286. The molecule has 0 fully saturated rings. The van der Waals surface area contributed by atoms with Gasteiger partial charge in [0, 0.05) is 18.5 Å². The highest BCUT2D eigenvalue weighted by molar-refractivity contribution is 5.94. The number of carboxylic acid groups (broad SMARTS) is 1. The molecule has 0 spiro atoms. The second kappa shape index (κ2) is 9.03. The molecule has 7 nitrogen and oxygen atoms in total. The Balaban J connectivity index is 1.45. The summed E-state index contributed by atoms with van der Waals surface area (Å²) in [5.74, 6) is -0.740. The lowest BCUT2D eigenvalue weighted by molar-refractivity contribution is -0.142. The lowest BCUT2D eigenvalue weighted by Crippen LogP contribution is -2.33. The molecular weight excluding hydrogens is 360 g/mol. The molecule has 1 unspecified atom stereocenters. The van der Waals surface area contributed by atoms with Crippen LogP contribution in [-0.4, -0.2) is 29.5 Å². The Morgan fingerprint density at radius 3 is 2.68 bits per heavy atom. The number of ether oxygens (including phenoxy) is 1. The van der Waals surface area contributed by atoms with Crippen LogP contribution in [-0.2, 0) is 20.8 Å². The van der Waals surface area contributed by atoms with Crippen LogP contribution in [0.1, 0.15) is 36.4 Å². The number of anilines is 1. The van der Waals surface area contributed by atoms with E-state index in [2.05, 4.69) is 10.6 Å². The maximum Gasteiger partial charge on any atom is 0.330 e. The van der Waals surface area contributed by atoms with Crippen LogP contribution in [0, 0.1) is 0 Å². The highest BCUT2D eigenvalue weighted by Gasteiger charge is 2.21. The second-order valence-electron chi connectivity index (χ2n) is 6.57. The molecule has 0 saturated carbocycles. The summed E-state index contributed by atoms with van der Waals surface area (Å²) in [5, 5.41) is 14.7. The zero-order valence-electron chi connectivity index (χ0n) is 15.3. The summed E-state index contributed by atoms with van der Waals surface area (Å²) in [6.07, 6.45) is 1.76. The molecule has 1 heterocycles. The molecule has 0 saturated heterocycles. The first-order valence-electron chi connectivity index (χ1n) is 9.15. The number of nitrogens with one attached hydrogen (secondary N) is 2. The maximum atomic E-state index is 12.1. The van der Waals surface area contributed by atoms with Crippen molar-refractivity contribution in [1.82, 2.24) is 5.32 Å². The molecule has 0 radical (unpaired) electrons. The fourth-order valence-electron chi connectivity index (χ4n) is 3.04. The van der Waals surface area contributed by atoms with Crippen molar-refractivity contribution in [3.05, 3.63) is 59.7 Å². The Hall–Kier alpha value is -3.35. The van der Waals surface area contributed by atoms with Crippen molar-refractivity contribution < 1.29 is 24.2 Å². The number of carboxylic acids is 1. The average molecular weight is 382 g/mol. The first kappa shape index (κ1) is 19.4. The van der Waals surface area contributed by atoms with Crippen molar-refractivity contribution >= 4 is 23.5 Å². The first-order chi connectivity index (χ1) is 13.5. The van der Waals surface area contributed by atoms with Crippen molar-refractivity contribution in [3.8, 4) is 5.75 Å². The van der Waals surface area contributed by atoms with E-state index in [4.69, 9.17) is 4.74 Å². The first-order valence-corrected chi connectivity index (χ1v) is 9.15. The van der Waals surface area contributed by atoms with Crippen LogP contribution in [0.4, 0.5) is 5.69 Å². The summed E-state index contributed by atoms with van der Waals surface area (Å²) >= 11 is 0. The summed E-state index contributed by atoms with van der Waals surface area (Å²) in [4.78, 5) is 34.9. The summed E-state index contributed by atoms with van der Waals surface area (Å²) < 4.78 is 5.68. The number of aliphatic carboxylic acids is 1. The maximum absolute atomic E-state index is 12.1. The molecule has 146 valence electrons. The molecule has 3 N–H and O–H groups in total. The molecule has 1 atom stereocenters. The molecule has 0 aromatic heterocycles. The molecule has 2 amide bonds. The van der Waals surface area contributed by atoms with Gasteiger partial charge in [0.05, 0.1) is 6.61 Å². The quantitative estimate of drug-likeness (QED) is 0.609. The van der Waals surface area contributed by atoms with E-state index in [1.54, 1.807) is 36.4 Å². The molecular formula is C21H22N2O5. The number of fused-ring (bicyclic) bond motifs is 1.